The van der Waals surface area contributed by atoms with Crippen molar-refractivity contribution in [2.75, 3.05) is 5.32 Å². The zero-order valence-corrected chi connectivity index (χ0v) is 9.70. The van der Waals surface area contributed by atoms with Crippen LogP contribution >= 0.6 is 11.6 Å². The zero-order valence-electron chi connectivity index (χ0n) is 8.94. The second kappa shape index (κ2) is 4.94. The molecule has 4 heteroatoms. The highest BCUT2D eigenvalue weighted by molar-refractivity contribution is 6.33. The number of pyridine rings is 2. The Balaban J connectivity index is 2.09. The molecular formula is C12H12ClN3. The molecule has 3 nitrogen and oxygen atoms in total. The van der Waals surface area contributed by atoms with E-state index < -0.39 is 0 Å². The Hall–Kier alpha value is -1.61. The Morgan fingerprint density at radius 1 is 1.19 bits per heavy atom. The summed E-state index contributed by atoms with van der Waals surface area (Å²) in [7, 11) is 0. The molecule has 0 aromatic carbocycles. The number of nitrogens with zero attached hydrogens (tertiary/aromatic N) is 2. The topological polar surface area (TPSA) is 37.8 Å². The number of halogens is 1. The first-order valence-electron chi connectivity index (χ1n) is 5.00. The molecule has 0 amide bonds. The second-order valence-corrected chi connectivity index (χ2v) is 3.92. The molecule has 0 saturated carbocycles. The molecule has 2 aromatic heterocycles. The summed E-state index contributed by atoms with van der Waals surface area (Å²) < 4.78 is 0. The molecule has 0 unspecified atom stereocenters. The van der Waals surface area contributed by atoms with Crippen LogP contribution in [0.4, 0.5) is 5.69 Å². The average Bonchev–Trinajstić information content (AvgIpc) is 2.30. The van der Waals surface area contributed by atoms with E-state index in [0.29, 0.717) is 5.02 Å². The van der Waals surface area contributed by atoms with Crippen LogP contribution < -0.4 is 5.32 Å². The van der Waals surface area contributed by atoms with E-state index in [4.69, 9.17) is 11.6 Å². The maximum atomic E-state index is 5.99. The molecule has 0 aliphatic carbocycles. The minimum Gasteiger partial charge on any atom is -0.380 e. The minimum absolute atomic E-state index is 0.634. The zero-order chi connectivity index (χ0) is 11.4. The van der Waals surface area contributed by atoms with Crippen molar-refractivity contribution in [1.29, 1.82) is 0 Å². The van der Waals surface area contributed by atoms with Crippen molar-refractivity contribution in [1.82, 2.24) is 9.97 Å². The maximum absolute atomic E-state index is 5.99. The van der Waals surface area contributed by atoms with E-state index in [2.05, 4.69) is 15.3 Å². The summed E-state index contributed by atoms with van der Waals surface area (Å²) in [4.78, 5) is 7.99. The molecule has 0 bridgehead atoms. The SMILES string of the molecule is Cc1cnccc1CNc1ccncc1Cl. The van der Waals surface area contributed by atoms with Gasteiger partial charge in [0, 0.05) is 31.3 Å². The lowest BCUT2D eigenvalue weighted by Crippen LogP contribution is -2.02. The van der Waals surface area contributed by atoms with Crippen LogP contribution in [0, 0.1) is 6.92 Å². The number of hydrogen-bond acceptors (Lipinski definition) is 3. The molecule has 2 aromatic rings. The van der Waals surface area contributed by atoms with E-state index in [9.17, 15) is 0 Å². The van der Waals surface area contributed by atoms with Crippen LogP contribution in [-0.2, 0) is 6.54 Å². The van der Waals surface area contributed by atoms with E-state index in [-0.39, 0.29) is 0 Å². The monoisotopic (exact) mass is 233 g/mol. The number of aryl methyl sites for hydroxylation is 1. The van der Waals surface area contributed by atoms with E-state index >= 15 is 0 Å². The van der Waals surface area contributed by atoms with Crippen molar-refractivity contribution >= 4 is 17.3 Å². The van der Waals surface area contributed by atoms with E-state index in [1.54, 1.807) is 18.6 Å². The molecule has 1 N–H and O–H groups in total. The largest absolute Gasteiger partial charge is 0.380 e. The predicted octanol–water partition coefficient (Wildman–Crippen LogP) is 3.05. The molecule has 0 aliphatic heterocycles. The molecule has 0 atom stereocenters. The van der Waals surface area contributed by atoms with Gasteiger partial charge in [-0.1, -0.05) is 11.6 Å². The molecule has 0 spiro atoms. The lowest BCUT2D eigenvalue weighted by molar-refractivity contribution is 1.09. The highest BCUT2D eigenvalue weighted by Gasteiger charge is 2.00. The number of aromatic nitrogens is 2. The van der Waals surface area contributed by atoms with Crippen molar-refractivity contribution < 1.29 is 0 Å². The molecule has 2 heterocycles. The van der Waals surface area contributed by atoms with Crippen LogP contribution in [0.3, 0.4) is 0 Å². The molecule has 0 fully saturated rings. The Labute approximate surface area is 99.5 Å². The van der Waals surface area contributed by atoms with Crippen LogP contribution in [0.1, 0.15) is 11.1 Å². The molecular weight excluding hydrogens is 222 g/mol. The Bertz CT molecular complexity index is 440. The fourth-order valence-electron chi connectivity index (χ4n) is 1.41. The van der Waals surface area contributed by atoms with Crippen LogP contribution in [0.25, 0.3) is 0 Å². The lowest BCUT2D eigenvalue weighted by Gasteiger charge is -2.09. The lowest BCUT2D eigenvalue weighted by atomic mass is 10.1. The first-order chi connectivity index (χ1) is 7.77. The van der Waals surface area contributed by atoms with Gasteiger partial charge in [0.15, 0.2) is 0 Å². The first kappa shape index (κ1) is 10.9. The third-order valence-corrected chi connectivity index (χ3v) is 2.68. The fourth-order valence-corrected chi connectivity index (χ4v) is 1.60. The van der Waals surface area contributed by atoms with Gasteiger partial charge in [-0.15, -0.1) is 0 Å². The number of hydrogen-bond donors (Lipinski definition) is 1. The molecule has 0 saturated heterocycles. The highest BCUT2D eigenvalue weighted by Crippen LogP contribution is 2.20. The summed E-state index contributed by atoms with van der Waals surface area (Å²) in [5.41, 5.74) is 3.27. The predicted molar refractivity (Wildman–Crippen MR) is 65.5 cm³/mol. The average molecular weight is 234 g/mol. The van der Waals surface area contributed by atoms with Crippen molar-refractivity contribution in [2.45, 2.75) is 13.5 Å². The number of rotatable bonds is 3. The van der Waals surface area contributed by atoms with Gasteiger partial charge in [0.1, 0.15) is 0 Å². The quantitative estimate of drug-likeness (QED) is 0.886. The van der Waals surface area contributed by atoms with Crippen LogP contribution in [0.2, 0.25) is 5.02 Å². The van der Waals surface area contributed by atoms with Gasteiger partial charge in [0.25, 0.3) is 0 Å². The molecule has 0 radical (unpaired) electrons. The third kappa shape index (κ3) is 2.49. The van der Waals surface area contributed by atoms with Gasteiger partial charge in [-0.05, 0) is 30.2 Å². The fraction of sp³-hybridized carbons (Fsp3) is 0.167. The minimum atomic E-state index is 0.634. The summed E-state index contributed by atoms with van der Waals surface area (Å²) >= 11 is 5.99. The van der Waals surface area contributed by atoms with Crippen LogP contribution in [0.5, 0.6) is 0 Å². The summed E-state index contributed by atoms with van der Waals surface area (Å²) in [6, 6.07) is 3.86. The Kier molecular flexibility index (Phi) is 3.37. The Morgan fingerprint density at radius 2 is 1.94 bits per heavy atom. The van der Waals surface area contributed by atoms with E-state index in [1.165, 1.54) is 11.1 Å². The van der Waals surface area contributed by atoms with Gasteiger partial charge in [0.05, 0.1) is 10.7 Å². The van der Waals surface area contributed by atoms with Crippen molar-refractivity contribution in [2.24, 2.45) is 0 Å². The summed E-state index contributed by atoms with van der Waals surface area (Å²) in [6.45, 7) is 2.77. The number of anilines is 1. The molecule has 16 heavy (non-hydrogen) atoms. The highest BCUT2D eigenvalue weighted by atomic mass is 35.5. The number of nitrogens with one attached hydrogen (secondary N) is 1. The van der Waals surface area contributed by atoms with Crippen LogP contribution in [-0.4, -0.2) is 9.97 Å². The third-order valence-electron chi connectivity index (χ3n) is 2.38. The second-order valence-electron chi connectivity index (χ2n) is 3.51. The van der Waals surface area contributed by atoms with Crippen molar-refractivity contribution in [3.63, 3.8) is 0 Å². The van der Waals surface area contributed by atoms with Gasteiger partial charge in [-0.3, -0.25) is 9.97 Å². The van der Waals surface area contributed by atoms with Gasteiger partial charge in [-0.25, -0.2) is 0 Å². The van der Waals surface area contributed by atoms with Crippen molar-refractivity contribution in [3.05, 3.63) is 53.1 Å². The molecule has 2 rings (SSSR count). The summed E-state index contributed by atoms with van der Waals surface area (Å²) in [5.74, 6) is 0. The van der Waals surface area contributed by atoms with E-state index in [1.807, 2.05) is 25.3 Å². The van der Waals surface area contributed by atoms with Crippen LogP contribution in [0.15, 0.2) is 36.9 Å². The van der Waals surface area contributed by atoms with Gasteiger partial charge in [0.2, 0.25) is 0 Å². The van der Waals surface area contributed by atoms with Gasteiger partial charge >= 0.3 is 0 Å². The summed E-state index contributed by atoms with van der Waals surface area (Å²) in [6.07, 6.45) is 6.99. The molecule has 82 valence electrons. The maximum Gasteiger partial charge on any atom is 0.0820 e. The molecule has 0 aliphatic rings. The van der Waals surface area contributed by atoms with Crippen molar-refractivity contribution in [3.8, 4) is 0 Å². The summed E-state index contributed by atoms with van der Waals surface area (Å²) in [5, 5.41) is 3.90. The van der Waals surface area contributed by atoms with E-state index in [0.717, 1.165) is 12.2 Å². The Morgan fingerprint density at radius 3 is 2.69 bits per heavy atom. The van der Waals surface area contributed by atoms with Gasteiger partial charge < -0.3 is 5.32 Å². The smallest absolute Gasteiger partial charge is 0.0820 e. The normalized spacial score (nSPS) is 10.1. The standard InChI is InChI=1S/C12H12ClN3/c1-9-6-14-4-2-10(9)7-16-12-3-5-15-8-11(12)13/h2-6,8H,7H2,1H3,(H,15,16). The van der Waals surface area contributed by atoms with Gasteiger partial charge in [-0.2, -0.15) is 0 Å². The first-order valence-corrected chi connectivity index (χ1v) is 5.38.